The summed E-state index contributed by atoms with van der Waals surface area (Å²) in [5.74, 6) is 0. The van der Waals surface area contributed by atoms with Gasteiger partial charge in [-0.15, -0.1) is 0 Å². The summed E-state index contributed by atoms with van der Waals surface area (Å²) >= 11 is 5.33. The molecule has 0 spiro atoms. The second kappa shape index (κ2) is 5.60. The third-order valence-corrected chi connectivity index (χ3v) is 2.99. The Balaban J connectivity index is 1.95. The Morgan fingerprint density at radius 1 is 1.00 bits per heavy atom. The summed E-state index contributed by atoms with van der Waals surface area (Å²) in [6.07, 6.45) is 0. The zero-order chi connectivity index (χ0) is 12.1. The lowest BCUT2D eigenvalue weighted by Crippen LogP contribution is -2.21. The van der Waals surface area contributed by atoms with E-state index in [4.69, 9.17) is 12.2 Å². The smallest absolute Gasteiger partial charge is 0.106 e. The first-order valence-electron chi connectivity index (χ1n) is 5.64. The van der Waals surface area contributed by atoms with Crippen LogP contribution in [0, 0.1) is 6.92 Å². The van der Waals surface area contributed by atoms with E-state index in [-0.39, 0.29) is 0 Å². The van der Waals surface area contributed by atoms with E-state index in [1.165, 1.54) is 11.1 Å². The second-order valence-corrected chi connectivity index (χ2v) is 4.44. The molecule has 0 radical (unpaired) electrons. The van der Waals surface area contributed by atoms with Crippen LogP contribution in [-0.2, 0) is 6.54 Å². The Bertz CT molecular complexity index is 488. The zero-order valence-corrected chi connectivity index (χ0v) is 10.6. The van der Waals surface area contributed by atoms with Crippen molar-refractivity contribution < 1.29 is 0 Å². The number of hydrogen-bond acceptors (Lipinski definition) is 1. The minimum atomic E-state index is 0.772. The molecule has 0 heterocycles. The van der Waals surface area contributed by atoms with E-state index in [2.05, 4.69) is 36.5 Å². The van der Waals surface area contributed by atoms with Crippen LogP contribution in [0.25, 0.3) is 0 Å². The van der Waals surface area contributed by atoms with Crippen molar-refractivity contribution in [3.63, 3.8) is 0 Å². The van der Waals surface area contributed by atoms with Gasteiger partial charge in [-0.3, -0.25) is 0 Å². The van der Waals surface area contributed by atoms with Crippen LogP contribution in [0.1, 0.15) is 16.7 Å². The van der Waals surface area contributed by atoms with Crippen LogP contribution >= 0.6 is 12.2 Å². The number of aryl methyl sites for hydroxylation is 1. The molecule has 0 amide bonds. The van der Waals surface area contributed by atoms with E-state index in [0.29, 0.717) is 0 Å². The summed E-state index contributed by atoms with van der Waals surface area (Å²) in [6, 6.07) is 18.5. The molecule has 0 aliphatic rings. The maximum atomic E-state index is 5.33. The molecule has 0 aliphatic carbocycles. The Morgan fingerprint density at radius 3 is 2.29 bits per heavy atom. The fraction of sp³-hybridized carbons (Fsp3) is 0.133. The maximum absolute atomic E-state index is 5.33. The highest BCUT2D eigenvalue weighted by Crippen LogP contribution is 2.04. The first-order chi connectivity index (χ1) is 8.25. The summed E-state index contributed by atoms with van der Waals surface area (Å²) in [6.45, 7) is 2.86. The zero-order valence-electron chi connectivity index (χ0n) is 9.81. The molecule has 0 atom stereocenters. The fourth-order valence-corrected chi connectivity index (χ4v) is 1.79. The van der Waals surface area contributed by atoms with Crippen molar-refractivity contribution in [2.45, 2.75) is 13.5 Å². The lowest BCUT2D eigenvalue weighted by molar-refractivity contribution is 0.928. The number of hydrogen-bond donors (Lipinski definition) is 1. The van der Waals surface area contributed by atoms with Crippen molar-refractivity contribution in [2.75, 3.05) is 0 Å². The van der Waals surface area contributed by atoms with E-state index in [1.807, 2.05) is 30.3 Å². The van der Waals surface area contributed by atoms with E-state index < -0.39 is 0 Å². The van der Waals surface area contributed by atoms with Crippen molar-refractivity contribution in [1.29, 1.82) is 0 Å². The summed E-state index contributed by atoms with van der Waals surface area (Å²) in [4.78, 5) is 0.797. The van der Waals surface area contributed by atoms with Crippen LogP contribution in [-0.4, -0.2) is 4.99 Å². The molecule has 2 heteroatoms. The predicted molar refractivity (Wildman–Crippen MR) is 76.2 cm³/mol. The normalized spacial score (nSPS) is 9.94. The van der Waals surface area contributed by atoms with Gasteiger partial charge in [-0.1, -0.05) is 72.4 Å². The van der Waals surface area contributed by atoms with Gasteiger partial charge in [0, 0.05) is 12.1 Å². The molecule has 0 unspecified atom stereocenters. The summed E-state index contributed by atoms with van der Waals surface area (Å²) in [7, 11) is 0. The number of benzene rings is 2. The topological polar surface area (TPSA) is 12.0 Å². The molecular weight excluding hydrogens is 226 g/mol. The molecule has 2 aromatic carbocycles. The van der Waals surface area contributed by atoms with Crippen LogP contribution in [0.5, 0.6) is 0 Å². The largest absolute Gasteiger partial charge is 0.372 e. The molecule has 0 saturated heterocycles. The van der Waals surface area contributed by atoms with Crippen molar-refractivity contribution in [3.05, 3.63) is 71.3 Å². The molecule has 0 fully saturated rings. The Hall–Kier alpha value is -1.67. The van der Waals surface area contributed by atoms with Crippen LogP contribution in [0.3, 0.4) is 0 Å². The van der Waals surface area contributed by atoms with Gasteiger partial charge >= 0.3 is 0 Å². The molecule has 0 aliphatic heterocycles. The van der Waals surface area contributed by atoms with E-state index in [1.54, 1.807) is 0 Å². The molecule has 1 nitrogen and oxygen atoms in total. The molecule has 2 rings (SSSR count). The van der Waals surface area contributed by atoms with Gasteiger partial charge in [-0.25, -0.2) is 0 Å². The summed E-state index contributed by atoms with van der Waals surface area (Å²) in [5, 5.41) is 3.27. The maximum Gasteiger partial charge on any atom is 0.106 e. The summed E-state index contributed by atoms with van der Waals surface area (Å²) in [5.41, 5.74) is 3.59. The molecular formula is C15H15NS. The Kier molecular flexibility index (Phi) is 3.89. The van der Waals surface area contributed by atoms with E-state index in [0.717, 1.165) is 17.1 Å². The first kappa shape index (κ1) is 11.8. The van der Waals surface area contributed by atoms with Gasteiger partial charge in [0.2, 0.25) is 0 Å². The first-order valence-corrected chi connectivity index (χ1v) is 6.05. The highest BCUT2D eigenvalue weighted by atomic mass is 32.1. The summed E-state index contributed by atoms with van der Waals surface area (Å²) < 4.78 is 0. The molecule has 17 heavy (non-hydrogen) atoms. The minimum absolute atomic E-state index is 0.772. The SMILES string of the molecule is Cc1ccc(CNC(=S)c2ccccc2)cc1. The van der Waals surface area contributed by atoms with Gasteiger partial charge in [0.05, 0.1) is 0 Å². The van der Waals surface area contributed by atoms with Crippen molar-refractivity contribution in [2.24, 2.45) is 0 Å². The third-order valence-electron chi connectivity index (χ3n) is 2.61. The average molecular weight is 241 g/mol. The lowest BCUT2D eigenvalue weighted by atomic mass is 10.1. The quantitative estimate of drug-likeness (QED) is 0.826. The highest BCUT2D eigenvalue weighted by Gasteiger charge is 1.99. The Morgan fingerprint density at radius 2 is 1.65 bits per heavy atom. The number of thiocarbonyl (C=S) groups is 1. The van der Waals surface area contributed by atoms with Crippen LogP contribution in [0.15, 0.2) is 54.6 Å². The molecule has 0 saturated carbocycles. The van der Waals surface area contributed by atoms with Gasteiger partial charge < -0.3 is 5.32 Å². The molecule has 1 N–H and O–H groups in total. The second-order valence-electron chi connectivity index (χ2n) is 4.03. The van der Waals surface area contributed by atoms with E-state index in [9.17, 15) is 0 Å². The minimum Gasteiger partial charge on any atom is -0.372 e. The van der Waals surface area contributed by atoms with Gasteiger partial charge in [0.15, 0.2) is 0 Å². The average Bonchev–Trinajstić information content (AvgIpc) is 2.39. The van der Waals surface area contributed by atoms with Crippen LogP contribution in [0.4, 0.5) is 0 Å². The Labute approximate surface area is 107 Å². The van der Waals surface area contributed by atoms with Gasteiger partial charge in [0.1, 0.15) is 4.99 Å². The van der Waals surface area contributed by atoms with Gasteiger partial charge in [-0.2, -0.15) is 0 Å². The standard InChI is InChI=1S/C15H15NS/c1-12-7-9-13(10-8-12)11-16-15(17)14-5-3-2-4-6-14/h2-10H,11H2,1H3,(H,16,17). The van der Waals surface area contributed by atoms with Crippen molar-refractivity contribution in [3.8, 4) is 0 Å². The number of rotatable bonds is 3. The lowest BCUT2D eigenvalue weighted by Gasteiger charge is -2.08. The third kappa shape index (κ3) is 3.40. The number of nitrogens with one attached hydrogen (secondary N) is 1. The highest BCUT2D eigenvalue weighted by molar-refractivity contribution is 7.80. The van der Waals surface area contributed by atoms with Gasteiger partial charge in [0.25, 0.3) is 0 Å². The van der Waals surface area contributed by atoms with Gasteiger partial charge in [-0.05, 0) is 12.5 Å². The van der Waals surface area contributed by atoms with Crippen molar-refractivity contribution >= 4 is 17.2 Å². The van der Waals surface area contributed by atoms with E-state index >= 15 is 0 Å². The molecule has 2 aromatic rings. The van der Waals surface area contributed by atoms with Crippen LogP contribution < -0.4 is 5.32 Å². The monoisotopic (exact) mass is 241 g/mol. The molecule has 0 bridgehead atoms. The predicted octanol–water partition coefficient (Wildman–Crippen LogP) is 3.46. The van der Waals surface area contributed by atoms with Crippen molar-refractivity contribution in [1.82, 2.24) is 5.32 Å². The van der Waals surface area contributed by atoms with Crippen LogP contribution in [0.2, 0.25) is 0 Å². The molecule has 0 aromatic heterocycles. The molecule has 86 valence electrons. The fourth-order valence-electron chi connectivity index (χ4n) is 1.58.